The molecule has 1 N–H and O–H groups in total. The van der Waals surface area contributed by atoms with Crippen molar-refractivity contribution in [2.45, 2.75) is 19.6 Å². The molecule has 5 nitrogen and oxygen atoms in total. The summed E-state index contributed by atoms with van der Waals surface area (Å²) in [5.74, 6) is 0.477. The van der Waals surface area contributed by atoms with E-state index in [1.807, 2.05) is 6.07 Å². The quantitative estimate of drug-likeness (QED) is 0.901. The van der Waals surface area contributed by atoms with E-state index >= 15 is 0 Å². The van der Waals surface area contributed by atoms with Gasteiger partial charge in [0.05, 0.1) is 19.8 Å². The first-order valence-electron chi connectivity index (χ1n) is 6.54. The van der Waals surface area contributed by atoms with E-state index in [1.54, 1.807) is 24.0 Å². The van der Waals surface area contributed by atoms with Crippen molar-refractivity contribution in [1.29, 1.82) is 0 Å². The molecule has 1 atom stereocenters. The fourth-order valence-corrected chi connectivity index (χ4v) is 2.48. The Hall–Kier alpha value is -1.11. The highest BCUT2D eigenvalue weighted by atomic mass is 79.9. The molecule has 1 unspecified atom stereocenters. The molecule has 1 aromatic carbocycles. The average molecular weight is 344 g/mol. The number of carbonyl (C=O) groups is 1. The van der Waals surface area contributed by atoms with E-state index in [0.717, 1.165) is 4.47 Å². The molecule has 20 heavy (non-hydrogen) atoms. The molecule has 0 bridgehead atoms. The van der Waals surface area contributed by atoms with Gasteiger partial charge in [0.15, 0.2) is 6.10 Å². The third-order valence-corrected chi connectivity index (χ3v) is 3.66. The van der Waals surface area contributed by atoms with E-state index < -0.39 is 6.10 Å². The van der Waals surface area contributed by atoms with Crippen molar-refractivity contribution in [2.75, 3.05) is 26.3 Å². The van der Waals surface area contributed by atoms with Crippen molar-refractivity contribution in [3.8, 4) is 5.75 Å². The minimum Gasteiger partial charge on any atom is -0.481 e. The van der Waals surface area contributed by atoms with Gasteiger partial charge in [0.2, 0.25) is 0 Å². The Morgan fingerprint density at radius 1 is 1.50 bits per heavy atom. The summed E-state index contributed by atoms with van der Waals surface area (Å²) >= 11 is 3.34. The lowest BCUT2D eigenvalue weighted by molar-refractivity contribution is -0.142. The molecule has 6 heteroatoms. The van der Waals surface area contributed by atoms with Crippen molar-refractivity contribution < 1.29 is 19.4 Å². The Balaban J connectivity index is 2.03. The first-order chi connectivity index (χ1) is 9.61. The van der Waals surface area contributed by atoms with Crippen LogP contribution in [0, 0.1) is 0 Å². The number of amides is 1. The Labute approximate surface area is 126 Å². The molecule has 1 amide bonds. The molecule has 2 rings (SSSR count). The Morgan fingerprint density at radius 2 is 2.20 bits per heavy atom. The van der Waals surface area contributed by atoms with Crippen LogP contribution in [0.4, 0.5) is 0 Å². The molecule has 0 aromatic heterocycles. The van der Waals surface area contributed by atoms with Gasteiger partial charge in [-0.05, 0) is 25.1 Å². The Bertz CT molecular complexity index is 474. The second kappa shape index (κ2) is 7.06. The zero-order valence-electron chi connectivity index (χ0n) is 11.3. The van der Waals surface area contributed by atoms with Crippen LogP contribution >= 0.6 is 15.9 Å². The van der Waals surface area contributed by atoms with E-state index in [0.29, 0.717) is 37.6 Å². The van der Waals surface area contributed by atoms with Crippen LogP contribution in [0.15, 0.2) is 22.7 Å². The highest BCUT2D eigenvalue weighted by molar-refractivity contribution is 9.10. The second-order valence-electron chi connectivity index (χ2n) is 4.61. The van der Waals surface area contributed by atoms with Crippen molar-refractivity contribution in [2.24, 2.45) is 0 Å². The monoisotopic (exact) mass is 343 g/mol. The number of rotatable bonds is 4. The number of nitrogens with zero attached hydrogens (tertiary/aromatic N) is 1. The molecule has 0 aliphatic carbocycles. The zero-order valence-corrected chi connectivity index (χ0v) is 12.9. The standard InChI is InChI=1S/C14H18BrNO4/c1-10(14(18)16-4-6-19-7-5-16)20-13-3-2-12(15)8-11(13)9-17/h2-3,8,10,17H,4-7,9H2,1H3. The number of hydrogen-bond donors (Lipinski definition) is 1. The third-order valence-electron chi connectivity index (χ3n) is 3.17. The van der Waals surface area contributed by atoms with Crippen LogP contribution in [-0.2, 0) is 16.1 Å². The van der Waals surface area contributed by atoms with Gasteiger partial charge in [0, 0.05) is 23.1 Å². The van der Waals surface area contributed by atoms with Gasteiger partial charge in [-0.1, -0.05) is 15.9 Å². The lowest BCUT2D eigenvalue weighted by Gasteiger charge is -2.29. The molecule has 0 spiro atoms. The summed E-state index contributed by atoms with van der Waals surface area (Å²) in [4.78, 5) is 14.0. The number of ether oxygens (including phenoxy) is 2. The van der Waals surface area contributed by atoms with Crippen LogP contribution in [0.1, 0.15) is 12.5 Å². The molecule has 1 saturated heterocycles. The SMILES string of the molecule is CC(Oc1ccc(Br)cc1CO)C(=O)N1CCOCC1. The molecule has 1 fully saturated rings. The molecule has 1 aliphatic rings. The van der Waals surface area contributed by atoms with Gasteiger partial charge in [-0.25, -0.2) is 0 Å². The number of morpholine rings is 1. The van der Waals surface area contributed by atoms with E-state index in [2.05, 4.69) is 15.9 Å². The zero-order chi connectivity index (χ0) is 14.5. The molecular weight excluding hydrogens is 326 g/mol. The molecular formula is C14H18BrNO4. The Kier molecular flexibility index (Phi) is 5.39. The number of halogens is 1. The van der Waals surface area contributed by atoms with E-state index in [-0.39, 0.29) is 12.5 Å². The topological polar surface area (TPSA) is 59.0 Å². The van der Waals surface area contributed by atoms with Gasteiger partial charge in [-0.2, -0.15) is 0 Å². The highest BCUT2D eigenvalue weighted by Crippen LogP contribution is 2.24. The smallest absolute Gasteiger partial charge is 0.263 e. The van der Waals surface area contributed by atoms with Crippen LogP contribution in [0.25, 0.3) is 0 Å². The second-order valence-corrected chi connectivity index (χ2v) is 5.52. The van der Waals surface area contributed by atoms with Crippen LogP contribution in [0.2, 0.25) is 0 Å². The summed E-state index contributed by atoms with van der Waals surface area (Å²) in [6.07, 6.45) is -0.584. The third kappa shape index (κ3) is 3.71. The number of hydrogen-bond acceptors (Lipinski definition) is 4. The van der Waals surface area contributed by atoms with Crippen LogP contribution in [-0.4, -0.2) is 48.3 Å². The van der Waals surface area contributed by atoms with Crippen LogP contribution in [0.3, 0.4) is 0 Å². The average Bonchev–Trinajstić information content (AvgIpc) is 2.49. The molecule has 1 aromatic rings. The highest BCUT2D eigenvalue weighted by Gasteiger charge is 2.24. The molecule has 110 valence electrons. The first kappa shape index (κ1) is 15.3. The summed E-state index contributed by atoms with van der Waals surface area (Å²) in [5, 5.41) is 9.33. The summed E-state index contributed by atoms with van der Waals surface area (Å²) in [7, 11) is 0. The van der Waals surface area contributed by atoms with Crippen LogP contribution < -0.4 is 4.74 Å². The maximum Gasteiger partial charge on any atom is 0.263 e. The number of benzene rings is 1. The Morgan fingerprint density at radius 3 is 2.85 bits per heavy atom. The first-order valence-corrected chi connectivity index (χ1v) is 7.33. The number of carbonyl (C=O) groups excluding carboxylic acids is 1. The molecule has 1 heterocycles. The fourth-order valence-electron chi connectivity index (χ4n) is 2.07. The van der Waals surface area contributed by atoms with E-state index in [1.165, 1.54) is 0 Å². The van der Waals surface area contributed by atoms with Crippen molar-refractivity contribution in [3.05, 3.63) is 28.2 Å². The fraction of sp³-hybridized carbons (Fsp3) is 0.500. The predicted molar refractivity (Wildman–Crippen MR) is 77.6 cm³/mol. The molecule has 1 aliphatic heterocycles. The summed E-state index contributed by atoms with van der Waals surface area (Å²) in [5.41, 5.74) is 0.654. The van der Waals surface area contributed by atoms with E-state index in [4.69, 9.17) is 9.47 Å². The van der Waals surface area contributed by atoms with Crippen molar-refractivity contribution in [3.63, 3.8) is 0 Å². The lowest BCUT2D eigenvalue weighted by atomic mass is 10.2. The maximum atomic E-state index is 12.2. The van der Waals surface area contributed by atoms with Gasteiger partial charge < -0.3 is 19.5 Å². The van der Waals surface area contributed by atoms with Crippen LogP contribution in [0.5, 0.6) is 5.75 Å². The minimum atomic E-state index is -0.584. The minimum absolute atomic E-state index is 0.0555. The van der Waals surface area contributed by atoms with Gasteiger partial charge in [0.1, 0.15) is 5.75 Å². The largest absolute Gasteiger partial charge is 0.481 e. The summed E-state index contributed by atoms with van der Waals surface area (Å²) in [6, 6.07) is 5.35. The molecule has 0 saturated carbocycles. The molecule has 0 radical (unpaired) electrons. The normalized spacial score (nSPS) is 16.9. The van der Waals surface area contributed by atoms with Gasteiger partial charge in [-0.15, -0.1) is 0 Å². The predicted octanol–water partition coefficient (Wildman–Crippen LogP) is 1.57. The maximum absolute atomic E-state index is 12.2. The number of aliphatic hydroxyl groups excluding tert-OH is 1. The summed E-state index contributed by atoms with van der Waals surface area (Å²) in [6.45, 7) is 3.92. The van der Waals surface area contributed by atoms with E-state index in [9.17, 15) is 9.90 Å². The summed E-state index contributed by atoms with van der Waals surface area (Å²) < 4.78 is 11.8. The van der Waals surface area contributed by atoms with Crippen molar-refractivity contribution in [1.82, 2.24) is 4.90 Å². The number of aliphatic hydroxyl groups is 1. The van der Waals surface area contributed by atoms with Gasteiger partial charge in [-0.3, -0.25) is 4.79 Å². The van der Waals surface area contributed by atoms with Crippen molar-refractivity contribution >= 4 is 21.8 Å². The van der Waals surface area contributed by atoms with Gasteiger partial charge in [0.25, 0.3) is 5.91 Å². The van der Waals surface area contributed by atoms with Gasteiger partial charge >= 0.3 is 0 Å². The lowest BCUT2D eigenvalue weighted by Crippen LogP contribution is -2.46.